The van der Waals surface area contributed by atoms with Crippen molar-refractivity contribution in [3.8, 4) is 5.75 Å². The average molecular weight is 370 g/mol. The number of ether oxygens (including phenoxy) is 1. The normalized spacial score (nSPS) is 17.4. The van der Waals surface area contributed by atoms with Crippen LogP contribution in [0.3, 0.4) is 0 Å². The molecule has 0 bridgehead atoms. The zero-order valence-corrected chi connectivity index (χ0v) is 16.7. The minimum atomic E-state index is -0.374. The minimum Gasteiger partial charge on any atom is -0.482 e. The number of rotatable bonds is 7. The first-order valence-electron chi connectivity index (χ1n) is 10.3. The molecular formula is C23H30O4. The molecule has 27 heavy (non-hydrogen) atoms. The van der Waals surface area contributed by atoms with E-state index in [-0.39, 0.29) is 17.5 Å². The van der Waals surface area contributed by atoms with Crippen LogP contribution in [0.1, 0.15) is 75.0 Å². The smallest absolute Gasteiger partial charge is 0.339 e. The lowest BCUT2D eigenvalue weighted by molar-refractivity contribution is -0.127. The van der Waals surface area contributed by atoms with Gasteiger partial charge < -0.3 is 9.15 Å². The largest absolute Gasteiger partial charge is 0.482 e. The fourth-order valence-corrected chi connectivity index (χ4v) is 3.95. The maximum absolute atomic E-state index is 12.6. The van der Waals surface area contributed by atoms with Gasteiger partial charge in [0.1, 0.15) is 11.3 Å². The summed E-state index contributed by atoms with van der Waals surface area (Å²) in [6.07, 6.45) is 8.21. The van der Waals surface area contributed by atoms with Crippen molar-refractivity contribution in [1.29, 1.82) is 0 Å². The molecule has 1 aromatic carbocycles. The molecule has 1 fully saturated rings. The second-order valence-electron chi connectivity index (χ2n) is 7.69. The maximum Gasteiger partial charge on any atom is 0.339 e. The first-order chi connectivity index (χ1) is 13.0. The van der Waals surface area contributed by atoms with Gasteiger partial charge in [0.15, 0.2) is 11.9 Å². The molecule has 3 rings (SSSR count). The molecule has 1 unspecified atom stereocenters. The lowest BCUT2D eigenvalue weighted by Gasteiger charge is -2.23. The van der Waals surface area contributed by atoms with Crippen LogP contribution in [0, 0.1) is 13.8 Å². The minimum absolute atomic E-state index is 0.167. The van der Waals surface area contributed by atoms with Gasteiger partial charge in [-0.1, -0.05) is 26.2 Å². The third kappa shape index (κ3) is 4.26. The number of Topliss-reactive ketones (excluding diaryl/α,β-unsaturated/α-hetero) is 1. The number of ketones is 1. The third-order valence-electron chi connectivity index (χ3n) is 5.70. The van der Waals surface area contributed by atoms with Crippen LogP contribution in [0.25, 0.3) is 11.0 Å². The highest BCUT2D eigenvalue weighted by Crippen LogP contribution is 2.31. The van der Waals surface area contributed by atoms with Gasteiger partial charge in [0, 0.05) is 22.9 Å². The zero-order valence-electron chi connectivity index (χ0n) is 16.7. The molecule has 0 aliphatic heterocycles. The lowest BCUT2D eigenvalue weighted by Crippen LogP contribution is -2.30. The summed E-state index contributed by atoms with van der Waals surface area (Å²) in [5.74, 6) is 0.807. The molecule has 1 saturated carbocycles. The summed E-state index contributed by atoms with van der Waals surface area (Å²) in [7, 11) is 0. The van der Waals surface area contributed by atoms with E-state index in [0.717, 1.165) is 60.6 Å². The second kappa shape index (κ2) is 8.73. The summed E-state index contributed by atoms with van der Waals surface area (Å²) in [6, 6.07) is 3.87. The van der Waals surface area contributed by atoms with Crippen LogP contribution >= 0.6 is 0 Å². The molecule has 1 aromatic heterocycles. The molecule has 0 N–H and O–H groups in total. The Bertz CT molecular complexity index is 878. The Hall–Kier alpha value is -2.10. The first-order valence-corrected chi connectivity index (χ1v) is 10.3. The Kier molecular flexibility index (Phi) is 6.35. The standard InChI is InChI=1S/C23H30O4/c1-4-5-6-7-10-18-15(2)17-13-14-20(16(3)22(17)27-23(18)25)26-21-12-9-8-11-19(21)24/h13-14,21H,4-12H2,1-3H3. The van der Waals surface area contributed by atoms with Gasteiger partial charge in [-0.15, -0.1) is 0 Å². The summed E-state index contributed by atoms with van der Waals surface area (Å²) >= 11 is 0. The van der Waals surface area contributed by atoms with E-state index in [2.05, 4.69) is 6.92 Å². The number of carbonyl (C=O) groups is 1. The van der Waals surface area contributed by atoms with Crippen LogP contribution in [0.5, 0.6) is 5.75 Å². The Morgan fingerprint density at radius 1 is 1.07 bits per heavy atom. The number of carbonyl (C=O) groups excluding carboxylic acids is 1. The van der Waals surface area contributed by atoms with E-state index < -0.39 is 0 Å². The number of unbranched alkanes of at least 4 members (excludes halogenated alkanes) is 3. The van der Waals surface area contributed by atoms with Crippen molar-refractivity contribution in [1.82, 2.24) is 0 Å². The SMILES string of the molecule is CCCCCCc1c(C)c2ccc(OC3CCCCC3=O)c(C)c2oc1=O. The van der Waals surface area contributed by atoms with Crippen LogP contribution in [0.4, 0.5) is 0 Å². The predicted molar refractivity (Wildman–Crippen MR) is 108 cm³/mol. The van der Waals surface area contributed by atoms with Gasteiger partial charge in [0.05, 0.1) is 0 Å². The molecule has 0 amide bonds. The van der Waals surface area contributed by atoms with E-state index in [4.69, 9.17) is 9.15 Å². The summed E-state index contributed by atoms with van der Waals surface area (Å²) in [5, 5.41) is 0.958. The molecule has 0 saturated heterocycles. The molecule has 1 aliphatic rings. The van der Waals surface area contributed by atoms with Crippen molar-refractivity contribution in [2.24, 2.45) is 0 Å². The van der Waals surface area contributed by atoms with E-state index in [0.29, 0.717) is 17.8 Å². The highest BCUT2D eigenvalue weighted by Gasteiger charge is 2.25. The van der Waals surface area contributed by atoms with E-state index in [1.165, 1.54) is 12.8 Å². The fraction of sp³-hybridized carbons (Fsp3) is 0.565. The lowest BCUT2D eigenvalue weighted by atomic mass is 9.96. The van der Waals surface area contributed by atoms with E-state index in [1.807, 2.05) is 26.0 Å². The molecule has 1 heterocycles. The van der Waals surface area contributed by atoms with Crippen molar-refractivity contribution >= 4 is 16.8 Å². The van der Waals surface area contributed by atoms with Gasteiger partial charge in [-0.05, 0) is 63.6 Å². The zero-order chi connectivity index (χ0) is 19.4. The van der Waals surface area contributed by atoms with E-state index in [9.17, 15) is 9.59 Å². The number of aryl methyl sites for hydroxylation is 2. The van der Waals surface area contributed by atoms with Crippen molar-refractivity contribution in [3.05, 3.63) is 39.2 Å². The van der Waals surface area contributed by atoms with Gasteiger partial charge in [-0.2, -0.15) is 0 Å². The monoisotopic (exact) mass is 370 g/mol. The molecule has 4 nitrogen and oxygen atoms in total. The topological polar surface area (TPSA) is 56.5 Å². The molecule has 4 heteroatoms. The summed E-state index contributed by atoms with van der Waals surface area (Å²) in [6.45, 7) is 6.08. The van der Waals surface area contributed by atoms with Crippen LogP contribution in [-0.4, -0.2) is 11.9 Å². The molecule has 0 spiro atoms. The second-order valence-corrected chi connectivity index (χ2v) is 7.69. The Morgan fingerprint density at radius 3 is 2.63 bits per heavy atom. The fourth-order valence-electron chi connectivity index (χ4n) is 3.95. The van der Waals surface area contributed by atoms with Gasteiger partial charge >= 0.3 is 5.63 Å². The molecule has 1 atom stereocenters. The van der Waals surface area contributed by atoms with Crippen LogP contribution in [0.15, 0.2) is 21.3 Å². The van der Waals surface area contributed by atoms with E-state index >= 15 is 0 Å². The van der Waals surface area contributed by atoms with E-state index in [1.54, 1.807) is 0 Å². The summed E-state index contributed by atoms with van der Waals surface area (Å²) in [5.41, 5.74) is 2.92. The van der Waals surface area contributed by atoms with Gasteiger partial charge in [-0.25, -0.2) is 4.79 Å². The number of fused-ring (bicyclic) bond motifs is 1. The number of benzene rings is 1. The Morgan fingerprint density at radius 2 is 1.89 bits per heavy atom. The van der Waals surface area contributed by atoms with Crippen molar-refractivity contribution in [2.45, 2.75) is 84.7 Å². The van der Waals surface area contributed by atoms with Gasteiger partial charge in [-0.3, -0.25) is 4.79 Å². The highest BCUT2D eigenvalue weighted by molar-refractivity contribution is 5.87. The van der Waals surface area contributed by atoms with Gasteiger partial charge in [0.25, 0.3) is 0 Å². The molecule has 0 radical (unpaired) electrons. The number of hydrogen-bond donors (Lipinski definition) is 0. The Labute approximate surface area is 160 Å². The maximum atomic E-state index is 12.6. The van der Waals surface area contributed by atoms with Crippen molar-refractivity contribution < 1.29 is 13.9 Å². The molecule has 1 aliphatic carbocycles. The quantitative estimate of drug-likeness (QED) is 0.482. The third-order valence-corrected chi connectivity index (χ3v) is 5.70. The van der Waals surface area contributed by atoms with Crippen LogP contribution in [0.2, 0.25) is 0 Å². The summed E-state index contributed by atoms with van der Waals surface area (Å²) in [4.78, 5) is 24.6. The molecule has 146 valence electrons. The molecular weight excluding hydrogens is 340 g/mol. The van der Waals surface area contributed by atoms with Crippen LogP contribution < -0.4 is 10.4 Å². The number of hydrogen-bond acceptors (Lipinski definition) is 4. The Balaban J connectivity index is 1.89. The predicted octanol–water partition coefficient (Wildman–Crippen LogP) is 5.42. The van der Waals surface area contributed by atoms with Gasteiger partial charge in [0.2, 0.25) is 0 Å². The highest BCUT2D eigenvalue weighted by atomic mass is 16.5. The average Bonchev–Trinajstić information content (AvgIpc) is 2.65. The molecule has 2 aromatic rings. The first kappa shape index (κ1) is 19.7. The van der Waals surface area contributed by atoms with Crippen LogP contribution in [-0.2, 0) is 11.2 Å². The van der Waals surface area contributed by atoms with Crippen molar-refractivity contribution in [3.63, 3.8) is 0 Å². The summed E-state index contributed by atoms with van der Waals surface area (Å²) < 4.78 is 11.7. The van der Waals surface area contributed by atoms with Crippen molar-refractivity contribution in [2.75, 3.05) is 0 Å².